The van der Waals surface area contributed by atoms with Crippen LogP contribution in [-0.2, 0) is 20.3 Å². The largest absolute Gasteiger partial charge is 0.741 e. The lowest BCUT2D eigenvalue weighted by molar-refractivity contribution is -0.537. The van der Waals surface area contributed by atoms with Crippen molar-refractivity contribution in [3.63, 3.8) is 0 Å². The molecule has 202 valence electrons. The van der Waals surface area contributed by atoms with Gasteiger partial charge in [0.15, 0.2) is 22.8 Å². The Balaban J connectivity index is 0.000000414. The van der Waals surface area contributed by atoms with Crippen molar-refractivity contribution in [3.8, 4) is 0 Å². The maximum absolute atomic E-state index is 10.7. The summed E-state index contributed by atoms with van der Waals surface area (Å²) in [6.45, 7) is 12.8. The van der Waals surface area contributed by atoms with Crippen molar-refractivity contribution in [1.82, 2.24) is 0 Å². The maximum atomic E-state index is 10.7. The number of hydrogen-bond donors (Lipinski definition) is 0. The molecule has 4 rings (SSSR count). The molecule has 37 heavy (non-hydrogen) atoms. The minimum atomic E-state index is -6.09. The van der Waals surface area contributed by atoms with Crippen LogP contribution < -0.4 is 5.19 Å². The number of halogens is 3. The number of benzene rings is 2. The van der Waals surface area contributed by atoms with Crippen molar-refractivity contribution in [2.75, 3.05) is 13.7 Å². The van der Waals surface area contributed by atoms with Gasteiger partial charge in [0.25, 0.3) is 0 Å². The van der Waals surface area contributed by atoms with Gasteiger partial charge < -0.3 is 9.29 Å². The number of allylic oxidation sites excluding steroid dienone is 1. The molecule has 0 radical (unpaired) electrons. The van der Waals surface area contributed by atoms with Gasteiger partial charge in [-0.25, -0.2) is 8.42 Å². The average molecular weight is 554 g/mol. The lowest BCUT2D eigenvalue weighted by Gasteiger charge is -2.44. The van der Waals surface area contributed by atoms with Gasteiger partial charge in [-0.1, -0.05) is 98.9 Å². The van der Waals surface area contributed by atoms with E-state index in [0.717, 1.165) is 12.5 Å². The molecule has 2 aromatic carbocycles. The highest BCUT2D eigenvalue weighted by Crippen LogP contribution is 2.50. The molecule has 1 aliphatic heterocycles. The molecule has 10 heteroatoms. The van der Waals surface area contributed by atoms with Crippen LogP contribution in [0.4, 0.5) is 13.2 Å². The quantitative estimate of drug-likeness (QED) is 0.229. The Hall–Kier alpha value is -2.43. The van der Waals surface area contributed by atoms with E-state index in [1.807, 2.05) is 0 Å². The number of rotatable bonds is 4. The van der Waals surface area contributed by atoms with Gasteiger partial charge in [-0.3, -0.25) is 0 Å². The average Bonchev–Trinajstić information content (AvgIpc) is 3.21. The third-order valence-corrected chi connectivity index (χ3v) is 12.3. The molecule has 3 atom stereocenters. The molecule has 0 saturated carbocycles. The van der Waals surface area contributed by atoms with Crippen LogP contribution in [0.15, 0.2) is 60.7 Å². The second-order valence-electron chi connectivity index (χ2n) is 10.7. The third-order valence-electron chi connectivity index (χ3n) is 7.61. The minimum absolute atomic E-state index is 0.171. The molecular formula is C27H34F3NO4SSi. The van der Waals surface area contributed by atoms with Crippen molar-refractivity contribution in [3.05, 3.63) is 71.8 Å². The Bertz CT molecular complexity index is 1290. The number of likely N-dealkylation sites (N-methyl/N-ethyl adjacent to an activating group) is 1. The van der Waals surface area contributed by atoms with Crippen LogP contribution in [0.5, 0.6) is 0 Å². The molecule has 5 nitrogen and oxygen atoms in total. The molecule has 0 unspecified atom stereocenters. The Labute approximate surface area is 218 Å². The standard InChI is InChI=1S/C26H34NOSi.CHF3O3S/c1-19(2)23-18-28-25(27(23)4)26(3)22-15-11-10-12-20(22)16-17-24(26)29(5,6)21-13-8-7-9-14-21;2-1(3,4)8(5,6)7/h7-17,19,23-24H,18H2,1-6H3;(H,5,6,7)/q+1;/p-1/t23-,24+,26-;/m1./s1. The summed E-state index contributed by atoms with van der Waals surface area (Å²) in [5, 5.41) is 1.50. The van der Waals surface area contributed by atoms with Crippen LogP contribution in [0.1, 0.15) is 31.9 Å². The summed E-state index contributed by atoms with van der Waals surface area (Å²) in [5.41, 5.74) is -2.69. The Morgan fingerprint density at radius 1 is 1.08 bits per heavy atom. The van der Waals surface area contributed by atoms with E-state index in [-0.39, 0.29) is 5.41 Å². The van der Waals surface area contributed by atoms with Crippen molar-refractivity contribution in [2.45, 2.75) is 56.4 Å². The van der Waals surface area contributed by atoms with Gasteiger partial charge in [0.2, 0.25) is 0 Å². The lowest BCUT2D eigenvalue weighted by atomic mass is 9.73. The summed E-state index contributed by atoms with van der Waals surface area (Å²) in [4.78, 5) is 0. The molecule has 0 aromatic heterocycles. The molecule has 0 bridgehead atoms. The predicted molar refractivity (Wildman–Crippen MR) is 142 cm³/mol. The summed E-state index contributed by atoms with van der Waals surface area (Å²) >= 11 is 0. The Kier molecular flexibility index (Phi) is 8.17. The number of ether oxygens (including phenoxy) is 1. The van der Waals surface area contributed by atoms with Gasteiger partial charge in [-0.2, -0.15) is 17.7 Å². The zero-order chi connectivity index (χ0) is 27.8. The van der Waals surface area contributed by atoms with E-state index in [0.29, 0.717) is 17.5 Å². The number of alkyl halides is 3. The topological polar surface area (TPSA) is 69.4 Å². The SMILES string of the molecule is CC(C)[C@H]1COC([C@]2(C)c3ccccc3C=C[C@@H]2[Si](C)(C)c2ccccc2)=[N+]1C.O=S(=O)([O-])C(F)(F)F. The zero-order valence-corrected chi connectivity index (χ0v) is 23.7. The van der Waals surface area contributed by atoms with Crippen LogP contribution in [-0.4, -0.2) is 56.7 Å². The minimum Gasteiger partial charge on any atom is -0.741 e. The van der Waals surface area contributed by atoms with Crippen LogP contribution >= 0.6 is 0 Å². The van der Waals surface area contributed by atoms with E-state index < -0.39 is 23.7 Å². The van der Waals surface area contributed by atoms with Crippen molar-refractivity contribution in [2.24, 2.45) is 5.92 Å². The summed E-state index contributed by atoms with van der Waals surface area (Å²) in [7, 11) is -5.70. The van der Waals surface area contributed by atoms with E-state index in [9.17, 15) is 13.2 Å². The second-order valence-corrected chi connectivity index (χ2v) is 16.7. The van der Waals surface area contributed by atoms with E-state index >= 15 is 0 Å². The first-order chi connectivity index (χ1) is 17.0. The molecule has 0 spiro atoms. The van der Waals surface area contributed by atoms with Crippen molar-refractivity contribution < 1.29 is 35.5 Å². The monoisotopic (exact) mass is 553 g/mol. The first-order valence-corrected chi connectivity index (χ1v) is 16.6. The molecule has 0 amide bonds. The predicted octanol–water partition coefficient (Wildman–Crippen LogP) is 5.10. The smallest absolute Gasteiger partial charge is 0.485 e. The van der Waals surface area contributed by atoms with Gasteiger partial charge in [0, 0.05) is 5.92 Å². The summed E-state index contributed by atoms with van der Waals surface area (Å²) in [6.07, 6.45) is 4.82. The fourth-order valence-corrected chi connectivity index (χ4v) is 9.33. The van der Waals surface area contributed by atoms with E-state index in [2.05, 4.69) is 112 Å². The fraction of sp³-hybridized carbons (Fsp3) is 0.444. The fourth-order valence-electron chi connectivity index (χ4n) is 5.62. The number of hydrogen-bond acceptors (Lipinski definition) is 4. The van der Waals surface area contributed by atoms with Gasteiger partial charge in [-0.05, 0) is 23.6 Å². The van der Waals surface area contributed by atoms with Crippen LogP contribution in [0.2, 0.25) is 18.6 Å². The number of nitrogens with zero attached hydrogens (tertiary/aromatic N) is 1. The van der Waals surface area contributed by atoms with Crippen LogP contribution in [0.25, 0.3) is 6.08 Å². The summed E-state index contributed by atoms with van der Waals surface area (Å²) < 4.78 is 67.9. The molecular weight excluding hydrogens is 519 g/mol. The molecule has 0 saturated heterocycles. The molecule has 1 aliphatic carbocycles. The maximum Gasteiger partial charge on any atom is 0.485 e. The normalized spacial score (nSPS) is 23.9. The highest BCUT2D eigenvalue weighted by atomic mass is 32.2. The molecule has 2 aromatic rings. The van der Waals surface area contributed by atoms with Gasteiger partial charge in [0.1, 0.15) is 12.5 Å². The summed E-state index contributed by atoms with van der Waals surface area (Å²) in [6, 6.07) is 20.4. The molecule has 0 fully saturated rings. The zero-order valence-electron chi connectivity index (χ0n) is 21.9. The van der Waals surface area contributed by atoms with Crippen molar-refractivity contribution >= 4 is 35.4 Å². The summed E-state index contributed by atoms with van der Waals surface area (Å²) in [5.74, 6) is 1.71. The second kappa shape index (κ2) is 10.4. The highest BCUT2D eigenvalue weighted by molar-refractivity contribution is 7.86. The molecule has 0 N–H and O–H groups in total. The lowest BCUT2D eigenvalue weighted by Crippen LogP contribution is -2.56. The van der Waals surface area contributed by atoms with E-state index in [4.69, 9.17) is 17.7 Å². The molecule has 2 aliphatic rings. The number of fused-ring (bicyclic) bond motifs is 1. The van der Waals surface area contributed by atoms with Gasteiger partial charge >= 0.3 is 11.4 Å². The van der Waals surface area contributed by atoms with Crippen LogP contribution in [0, 0.1) is 5.92 Å². The first-order valence-electron chi connectivity index (χ1n) is 12.1. The molecule has 1 heterocycles. The Morgan fingerprint density at radius 2 is 1.62 bits per heavy atom. The van der Waals surface area contributed by atoms with Crippen molar-refractivity contribution in [1.29, 1.82) is 0 Å². The highest BCUT2D eigenvalue weighted by Gasteiger charge is 2.57. The van der Waals surface area contributed by atoms with Crippen LogP contribution in [0.3, 0.4) is 0 Å². The third kappa shape index (κ3) is 5.56. The van der Waals surface area contributed by atoms with E-state index in [1.54, 1.807) is 0 Å². The van der Waals surface area contributed by atoms with Gasteiger partial charge in [0.05, 0.1) is 8.07 Å². The Morgan fingerprint density at radius 3 is 2.14 bits per heavy atom. The van der Waals surface area contributed by atoms with E-state index in [1.165, 1.54) is 16.3 Å². The van der Waals surface area contributed by atoms with Gasteiger partial charge in [-0.15, -0.1) is 0 Å². The first kappa shape index (κ1) is 29.1.